The molecule has 0 heterocycles. The van der Waals surface area contributed by atoms with E-state index in [2.05, 4.69) is 4.74 Å². The van der Waals surface area contributed by atoms with E-state index < -0.39 is 23.6 Å². The monoisotopic (exact) mass is 211 g/mol. The van der Waals surface area contributed by atoms with Crippen molar-refractivity contribution in [3.8, 4) is 0 Å². The molecule has 1 atom stereocenters. The van der Waals surface area contributed by atoms with E-state index in [0.717, 1.165) is 7.11 Å². The van der Waals surface area contributed by atoms with Crippen molar-refractivity contribution >= 4 is 5.97 Å². The van der Waals surface area contributed by atoms with E-state index in [1.165, 1.54) is 0 Å². The van der Waals surface area contributed by atoms with Gasteiger partial charge in [-0.1, -0.05) is 6.42 Å². The quantitative estimate of drug-likeness (QED) is 0.698. The van der Waals surface area contributed by atoms with Gasteiger partial charge >= 0.3 is 12.1 Å². The molecule has 0 saturated heterocycles. The van der Waals surface area contributed by atoms with Gasteiger partial charge in [0, 0.05) is 0 Å². The highest BCUT2D eigenvalue weighted by molar-refractivity contribution is 5.76. The van der Waals surface area contributed by atoms with Crippen LogP contribution in [0.25, 0.3) is 0 Å². The van der Waals surface area contributed by atoms with Crippen molar-refractivity contribution in [1.82, 2.24) is 0 Å². The third-order valence-corrected chi connectivity index (χ3v) is 2.86. The van der Waals surface area contributed by atoms with Crippen molar-refractivity contribution in [2.75, 3.05) is 7.11 Å². The maximum absolute atomic E-state index is 12.6. The molecule has 0 aromatic carbocycles. The van der Waals surface area contributed by atoms with Gasteiger partial charge < -0.3 is 10.5 Å². The van der Waals surface area contributed by atoms with Gasteiger partial charge in [-0.15, -0.1) is 0 Å². The van der Waals surface area contributed by atoms with Crippen molar-refractivity contribution in [3.63, 3.8) is 0 Å². The SMILES string of the molecule is COC(=O)C(N)C1(C(F)(F)F)CCC1. The van der Waals surface area contributed by atoms with Gasteiger partial charge in [0.2, 0.25) is 0 Å². The third-order valence-electron chi connectivity index (χ3n) is 2.86. The Labute approximate surface area is 79.4 Å². The molecule has 0 bridgehead atoms. The Morgan fingerprint density at radius 3 is 2.21 bits per heavy atom. The number of halogens is 3. The molecule has 0 radical (unpaired) electrons. The van der Waals surface area contributed by atoms with Crippen LogP contribution in [0.2, 0.25) is 0 Å². The van der Waals surface area contributed by atoms with Crippen LogP contribution in [0.4, 0.5) is 13.2 Å². The van der Waals surface area contributed by atoms with Crippen molar-refractivity contribution < 1.29 is 22.7 Å². The zero-order valence-corrected chi connectivity index (χ0v) is 7.73. The smallest absolute Gasteiger partial charge is 0.396 e. The lowest BCUT2D eigenvalue weighted by molar-refractivity contribution is -0.259. The molecule has 6 heteroatoms. The van der Waals surface area contributed by atoms with Gasteiger partial charge in [-0.25, -0.2) is 0 Å². The van der Waals surface area contributed by atoms with Crippen molar-refractivity contribution in [2.45, 2.75) is 31.5 Å². The molecule has 0 amide bonds. The first-order valence-electron chi connectivity index (χ1n) is 4.25. The zero-order valence-electron chi connectivity index (χ0n) is 7.73. The fraction of sp³-hybridized carbons (Fsp3) is 0.875. The number of rotatable bonds is 2. The first-order chi connectivity index (χ1) is 6.35. The summed E-state index contributed by atoms with van der Waals surface area (Å²) in [4.78, 5) is 11.0. The second-order valence-corrected chi connectivity index (χ2v) is 3.51. The second kappa shape index (κ2) is 3.42. The molecule has 0 spiro atoms. The number of nitrogens with two attached hydrogens (primary N) is 1. The summed E-state index contributed by atoms with van der Waals surface area (Å²) in [6.45, 7) is 0. The topological polar surface area (TPSA) is 52.3 Å². The minimum Gasteiger partial charge on any atom is -0.468 e. The summed E-state index contributed by atoms with van der Waals surface area (Å²) in [5, 5.41) is 0. The predicted octanol–water partition coefficient (Wildman–Crippen LogP) is 1.22. The fourth-order valence-electron chi connectivity index (χ4n) is 1.68. The molecule has 3 nitrogen and oxygen atoms in total. The number of alkyl halides is 3. The lowest BCUT2D eigenvalue weighted by atomic mass is 9.63. The second-order valence-electron chi connectivity index (χ2n) is 3.51. The van der Waals surface area contributed by atoms with E-state index in [9.17, 15) is 18.0 Å². The molecule has 0 aliphatic heterocycles. The highest BCUT2D eigenvalue weighted by Gasteiger charge is 2.63. The first kappa shape index (κ1) is 11.3. The van der Waals surface area contributed by atoms with E-state index in [1.807, 2.05) is 0 Å². The van der Waals surface area contributed by atoms with Crippen LogP contribution in [0.15, 0.2) is 0 Å². The van der Waals surface area contributed by atoms with Gasteiger partial charge in [-0.05, 0) is 12.8 Å². The molecule has 1 rings (SSSR count). The van der Waals surface area contributed by atoms with Crippen LogP contribution in [0.3, 0.4) is 0 Å². The number of hydrogen-bond donors (Lipinski definition) is 1. The summed E-state index contributed by atoms with van der Waals surface area (Å²) < 4.78 is 42.1. The maximum Gasteiger partial charge on any atom is 0.396 e. The molecule has 0 aromatic heterocycles. The third kappa shape index (κ3) is 1.47. The maximum atomic E-state index is 12.6. The van der Waals surface area contributed by atoms with Crippen LogP contribution in [-0.4, -0.2) is 25.3 Å². The van der Waals surface area contributed by atoms with Crippen LogP contribution < -0.4 is 5.73 Å². The van der Waals surface area contributed by atoms with E-state index >= 15 is 0 Å². The molecule has 1 aliphatic carbocycles. The molecule has 1 fully saturated rings. The van der Waals surface area contributed by atoms with Crippen molar-refractivity contribution in [3.05, 3.63) is 0 Å². The van der Waals surface area contributed by atoms with Gasteiger partial charge in [0.05, 0.1) is 12.5 Å². The van der Waals surface area contributed by atoms with Gasteiger partial charge in [-0.3, -0.25) is 4.79 Å². The fourth-order valence-corrected chi connectivity index (χ4v) is 1.68. The van der Waals surface area contributed by atoms with Crippen LogP contribution in [0.5, 0.6) is 0 Å². The van der Waals surface area contributed by atoms with E-state index in [-0.39, 0.29) is 12.8 Å². The Hall–Kier alpha value is -0.780. The summed E-state index contributed by atoms with van der Waals surface area (Å²) in [7, 11) is 1.03. The molecule has 82 valence electrons. The van der Waals surface area contributed by atoms with Crippen molar-refractivity contribution in [2.24, 2.45) is 11.1 Å². The molecular weight excluding hydrogens is 199 g/mol. The lowest BCUT2D eigenvalue weighted by Gasteiger charge is -2.45. The summed E-state index contributed by atoms with van der Waals surface area (Å²) >= 11 is 0. The Balaban J connectivity index is 2.85. The summed E-state index contributed by atoms with van der Waals surface area (Å²) in [5.41, 5.74) is 3.20. The molecule has 0 aromatic rings. The average Bonchev–Trinajstić information content (AvgIpc) is 1.97. The van der Waals surface area contributed by atoms with Crippen LogP contribution in [-0.2, 0) is 9.53 Å². The number of methoxy groups -OCH3 is 1. The number of esters is 1. The highest BCUT2D eigenvalue weighted by atomic mass is 19.4. The molecule has 1 saturated carbocycles. The van der Waals surface area contributed by atoms with Gasteiger partial charge in [0.15, 0.2) is 0 Å². The average molecular weight is 211 g/mol. The largest absolute Gasteiger partial charge is 0.468 e. The summed E-state index contributed by atoms with van der Waals surface area (Å²) in [6, 6.07) is -1.60. The standard InChI is InChI=1S/C8H12F3NO2/c1-14-6(13)5(12)7(3-2-4-7)8(9,10)11/h5H,2-4,12H2,1H3. The molecule has 14 heavy (non-hydrogen) atoms. The molecular formula is C8H12F3NO2. The number of carbonyl (C=O) groups excluding carboxylic acids is 1. The minimum absolute atomic E-state index is 0.0905. The number of ether oxygens (including phenoxy) is 1. The van der Waals surface area contributed by atoms with Crippen LogP contribution in [0.1, 0.15) is 19.3 Å². The van der Waals surface area contributed by atoms with E-state index in [0.29, 0.717) is 6.42 Å². The minimum atomic E-state index is -4.43. The highest BCUT2D eigenvalue weighted by Crippen LogP contribution is 2.54. The Kier molecular flexibility index (Phi) is 2.76. The molecule has 2 N–H and O–H groups in total. The zero-order chi connectivity index (χ0) is 11.0. The van der Waals surface area contributed by atoms with Crippen LogP contribution in [0, 0.1) is 5.41 Å². The van der Waals surface area contributed by atoms with Crippen molar-refractivity contribution in [1.29, 1.82) is 0 Å². The summed E-state index contributed by atoms with van der Waals surface area (Å²) in [5.74, 6) is -0.998. The Bertz CT molecular complexity index is 235. The molecule has 1 aliphatic rings. The normalized spacial score (nSPS) is 22.4. The number of hydrogen-bond acceptors (Lipinski definition) is 3. The molecule has 1 unspecified atom stereocenters. The van der Waals surface area contributed by atoms with Gasteiger partial charge in [0.1, 0.15) is 6.04 Å². The van der Waals surface area contributed by atoms with Gasteiger partial charge in [-0.2, -0.15) is 13.2 Å². The predicted molar refractivity (Wildman–Crippen MR) is 42.3 cm³/mol. The lowest BCUT2D eigenvalue weighted by Crippen LogP contribution is -2.59. The Morgan fingerprint density at radius 1 is 1.50 bits per heavy atom. The Morgan fingerprint density at radius 2 is 2.00 bits per heavy atom. The summed E-state index contributed by atoms with van der Waals surface area (Å²) in [6.07, 6.45) is -4.16. The van der Waals surface area contributed by atoms with Gasteiger partial charge in [0.25, 0.3) is 0 Å². The van der Waals surface area contributed by atoms with E-state index in [1.54, 1.807) is 0 Å². The first-order valence-corrected chi connectivity index (χ1v) is 4.25. The van der Waals surface area contributed by atoms with E-state index in [4.69, 9.17) is 5.73 Å². The number of carbonyl (C=O) groups is 1. The van der Waals surface area contributed by atoms with Crippen LogP contribution >= 0.6 is 0 Å².